The summed E-state index contributed by atoms with van der Waals surface area (Å²) in [6.07, 6.45) is 4.83. The number of primary amides is 1. The number of rotatable bonds is 10. The first kappa shape index (κ1) is 16.4. The number of hydrogen-bond donors (Lipinski definition) is 2. The maximum absolute atomic E-state index is 11.7. The van der Waals surface area contributed by atoms with Crippen molar-refractivity contribution in [1.82, 2.24) is 5.32 Å². The van der Waals surface area contributed by atoms with E-state index in [1.54, 1.807) is 0 Å². The number of carbonyl (C=O) groups excluding carboxylic acids is 1. The van der Waals surface area contributed by atoms with Crippen molar-refractivity contribution in [2.24, 2.45) is 11.7 Å². The van der Waals surface area contributed by atoms with E-state index in [9.17, 15) is 4.79 Å². The molecule has 1 aliphatic rings. The monoisotopic (exact) mass is 272 g/mol. The average Bonchev–Trinajstić information content (AvgIpc) is 2.82. The highest BCUT2D eigenvalue weighted by Crippen LogP contribution is 2.37. The number of hydrogen-bond acceptors (Lipinski definition) is 4. The van der Waals surface area contributed by atoms with Crippen molar-refractivity contribution in [2.45, 2.75) is 44.6 Å². The number of amides is 1. The van der Waals surface area contributed by atoms with Crippen molar-refractivity contribution in [1.29, 1.82) is 0 Å². The number of likely N-dealkylation sites (N-methyl/N-ethyl adjacent to an activating group) is 1. The van der Waals surface area contributed by atoms with Crippen LogP contribution in [0.15, 0.2) is 0 Å². The molecular formula is C14H28N2O3. The summed E-state index contributed by atoms with van der Waals surface area (Å²) in [5.74, 6) is 0.0512. The third-order valence-corrected chi connectivity index (χ3v) is 4.04. The first-order chi connectivity index (χ1) is 9.17. The van der Waals surface area contributed by atoms with Gasteiger partial charge in [0, 0.05) is 13.2 Å². The minimum absolute atomic E-state index is 0.233. The van der Waals surface area contributed by atoms with E-state index in [1.165, 1.54) is 0 Å². The Morgan fingerprint density at radius 3 is 2.58 bits per heavy atom. The van der Waals surface area contributed by atoms with Gasteiger partial charge in [0.25, 0.3) is 0 Å². The second-order valence-corrected chi connectivity index (χ2v) is 5.19. The van der Waals surface area contributed by atoms with Gasteiger partial charge in [0.2, 0.25) is 5.91 Å². The fourth-order valence-corrected chi connectivity index (χ4v) is 2.94. The van der Waals surface area contributed by atoms with Crippen LogP contribution in [0.1, 0.15) is 39.0 Å². The molecule has 2 atom stereocenters. The molecule has 5 heteroatoms. The molecule has 2 unspecified atom stereocenters. The summed E-state index contributed by atoms with van der Waals surface area (Å²) in [5, 5.41) is 3.14. The number of nitrogens with one attached hydrogen (secondary N) is 1. The lowest BCUT2D eigenvalue weighted by Gasteiger charge is -2.32. The molecule has 3 N–H and O–H groups in total. The van der Waals surface area contributed by atoms with Gasteiger partial charge in [0.1, 0.15) is 5.54 Å². The summed E-state index contributed by atoms with van der Waals surface area (Å²) in [5.41, 5.74) is 5.03. The summed E-state index contributed by atoms with van der Waals surface area (Å²) in [6, 6.07) is 0. The maximum atomic E-state index is 11.7. The summed E-state index contributed by atoms with van der Waals surface area (Å²) >= 11 is 0. The third-order valence-electron chi connectivity index (χ3n) is 4.04. The topological polar surface area (TPSA) is 73.6 Å². The smallest absolute Gasteiger partial charge is 0.238 e. The molecule has 0 aromatic heterocycles. The van der Waals surface area contributed by atoms with Gasteiger partial charge in [-0.15, -0.1) is 0 Å². The Morgan fingerprint density at radius 1 is 1.32 bits per heavy atom. The first-order valence-electron chi connectivity index (χ1n) is 7.31. The van der Waals surface area contributed by atoms with Gasteiger partial charge in [-0.05, 0) is 38.6 Å². The Hall–Kier alpha value is -0.650. The lowest BCUT2D eigenvalue weighted by molar-refractivity contribution is -0.126. The third kappa shape index (κ3) is 4.44. The van der Waals surface area contributed by atoms with Gasteiger partial charge in [-0.2, -0.15) is 0 Å². The summed E-state index contributed by atoms with van der Waals surface area (Å²) in [6.45, 7) is 4.80. The molecule has 1 fully saturated rings. The second-order valence-electron chi connectivity index (χ2n) is 5.19. The number of carbonyl (C=O) groups is 1. The van der Waals surface area contributed by atoms with E-state index in [2.05, 4.69) is 12.2 Å². The minimum Gasteiger partial charge on any atom is -0.379 e. The van der Waals surface area contributed by atoms with Crippen LogP contribution in [0.4, 0.5) is 0 Å². The predicted molar refractivity (Wildman–Crippen MR) is 74.9 cm³/mol. The minimum atomic E-state index is -0.526. The molecule has 1 rings (SSSR count). The van der Waals surface area contributed by atoms with Gasteiger partial charge < -0.3 is 20.5 Å². The summed E-state index contributed by atoms with van der Waals surface area (Å²) < 4.78 is 10.9. The molecule has 0 radical (unpaired) electrons. The Labute approximate surface area is 116 Å². The van der Waals surface area contributed by atoms with E-state index >= 15 is 0 Å². The van der Waals surface area contributed by atoms with E-state index < -0.39 is 5.54 Å². The fourth-order valence-electron chi connectivity index (χ4n) is 2.94. The van der Waals surface area contributed by atoms with Gasteiger partial charge in [-0.3, -0.25) is 4.79 Å². The van der Waals surface area contributed by atoms with Gasteiger partial charge in [0.15, 0.2) is 0 Å². The first-order valence-corrected chi connectivity index (χ1v) is 7.31. The van der Waals surface area contributed by atoms with Crippen molar-refractivity contribution in [3.05, 3.63) is 0 Å². The Balaban J connectivity index is 2.23. The van der Waals surface area contributed by atoms with Crippen LogP contribution in [-0.4, -0.2) is 44.9 Å². The molecule has 0 spiro atoms. The van der Waals surface area contributed by atoms with E-state index in [-0.39, 0.29) is 11.8 Å². The molecule has 0 aromatic carbocycles. The highest BCUT2D eigenvalue weighted by Gasteiger charge is 2.46. The van der Waals surface area contributed by atoms with Crippen LogP contribution in [0, 0.1) is 5.92 Å². The SMILES string of the molecule is CCCOCCOCCC1CCCC1(NC)C(N)=O. The van der Waals surface area contributed by atoms with E-state index in [1.807, 2.05) is 7.05 Å². The van der Waals surface area contributed by atoms with Crippen LogP contribution in [0.2, 0.25) is 0 Å². The second kappa shape index (κ2) is 8.51. The standard InChI is InChI=1S/C14H28N2O3/c1-3-8-18-10-11-19-9-6-12-5-4-7-14(12,16-2)13(15)17/h12,16H,3-11H2,1-2H3,(H2,15,17). The van der Waals surface area contributed by atoms with Crippen LogP contribution in [0.3, 0.4) is 0 Å². The van der Waals surface area contributed by atoms with E-state index in [0.717, 1.165) is 38.7 Å². The van der Waals surface area contributed by atoms with Crippen molar-refractivity contribution in [2.75, 3.05) is 33.5 Å². The molecule has 112 valence electrons. The zero-order valence-electron chi connectivity index (χ0n) is 12.2. The predicted octanol–water partition coefficient (Wildman–Crippen LogP) is 1.06. The molecule has 0 aromatic rings. The zero-order chi connectivity index (χ0) is 14.1. The fraction of sp³-hybridized carbons (Fsp3) is 0.929. The average molecular weight is 272 g/mol. The largest absolute Gasteiger partial charge is 0.379 e. The molecule has 0 saturated heterocycles. The molecule has 1 saturated carbocycles. The van der Waals surface area contributed by atoms with Crippen LogP contribution in [0.5, 0.6) is 0 Å². The maximum Gasteiger partial charge on any atom is 0.238 e. The van der Waals surface area contributed by atoms with Crippen LogP contribution in [-0.2, 0) is 14.3 Å². The lowest BCUT2D eigenvalue weighted by atomic mass is 9.84. The Morgan fingerprint density at radius 2 is 2.00 bits per heavy atom. The summed E-state index contributed by atoms with van der Waals surface area (Å²) in [7, 11) is 1.82. The number of nitrogens with two attached hydrogens (primary N) is 1. The quantitative estimate of drug-likeness (QED) is 0.583. The normalized spacial score (nSPS) is 26.7. The van der Waals surface area contributed by atoms with Crippen LogP contribution in [0.25, 0.3) is 0 Å². The molecule has 19 heavy (non-hydrogen) atoms. The van der Waals surface area contributed by atoms with Crippen molar-refractivity contribution >= 4 is 5.91 Å². The zero-order valence-corrected chi connectivity index (χ0v) is 12.2. The van der Waals surface area contributed by atoms with Gasteiger partial charge in [-0.25, -0.2) is 0 Å². The highest BCUT2D eigenvalue weighted by atomic mass is 16.5. The molecular weight excluding hydrogens is 244 g/mol. The number of ether oxygens (including phenoxy) is 2. The highest BCUT2D eigenvalue weighted by molar-refractivity contribution is 5.85. The van der Waals surface area contributed by atoms with Gasteiger partial charge >= 0.3 is 0 Å². The van der Waals surface area contributed by atoms with E-state index in [4.69, 9.17) is 15.2 Å². The molecule has 5 nitrogen and oxygen atoms in total. The van der Waals surface area contributed by atoms with Crippen LogP contribution >= 0.6 is 0 Å². The van der Waals surface area contributed by atoms with Gasteiger partial charge in [-0.1, -0.05) is 13.3 Å². The molecule has 1 aliphatic carbocycles. The molecule has 0 bridgehead atoms. The molecule has 0 heterocycles. The summed E-state index contributed by atoms with van der Waals surface area (Å²) in [4.78, 5) is 11.7. The van der Waals surface area contributed by atoms with Crippen LogP contribution < -0.4 is 11.1 Å². The van der Waals surface area contributed by atoms with E-state index in [0.29, 0.717) is 19.8 Å². The Kier molecular flexibility index (Phi) is 7.34. The van der Waals surface area contributed by atoms with Crippen molar-refractivity contribution < 1.29 is 14.3 Å². The van der Waals surface area contributed by atoms with Gasteiger partial charge in [0.05, 0.1) is 13.2 Å². The lowest BCUT2D eigenvalue weighted by Crippen LogP contribution is -2.56. The molecule has 1 amide bonds. The Bertz CT molecular complexity index is 273. The van der Waals surface area contributed by atoms with Crippen molar-refractivity contribution in [3.8, 4) is 0 Å². The van der Waals surface area contributed by atoms with Crippen molar-refractivity contribution in [3.63, 3.8) is 0 Å². The molecule has 0 aliphatic heterocycles.